The fourth-order valence-corrected chi connectivity index (χ4v) is 2.37. The number of hydrogen-bond donors (Lipinski definition) is 7. The van der Waals surface area contributed by atoms with Gasteiger partial charge in [-0.15, -0.1) is 0 Å². The highest BCUT2D eigenvalue weighted by Gasteiger charge is 2.49. The van der Waals surface area contributed by atoms with Crippen molar-refractivity contribution in [3.8, 4) is 0 Å². The van der Waals surface area contributed by atoms with E-state index in [9.17, 15) is 25.5 Å². The minimum absolute atomic E-state index is 0.559. The maximum atomic E-state index is 9.80. The maximum Gasteiger partial charge on any atom is 0.187 e. The zero-order valence-electron chi connectivity index (χ0n) is 11.0. The van der Waals surface area contributed by atoms with Gasteiger partial charge in [0.2, 0.25) is 0 Å². The minimum Gasteiger partial charge on any atom is -0.394 e. The zero-order chi connectivity index (χ0) is 15.7. The molecule has 0 unspecified atom stereocenters. The normalized spacial score (nSPS) is 51.3. The third-order valence-electron chi connectivity index (χ3n) is 3.63. The molecule has 0 spiro atoms. The number of ether oxygens (including phenoxy) is 3. The number of aliphatic hydroxyl groups excluding tert-OH is 7. The Bertz CT molecular complexity index is 339. The number of aliphatic hydroxyl groups is 7. The summed E-state index contributed by atoms with van der Waals surface area (Å²) in [6, 6.07) is 0. The molecule has 10 heteroatoms. The molecule has 2 aliphatic heterocycles. The standard InChI is InChI=1S/C11H20O10/c12-1-3-5(14)6(15)7(16)11(20-3)21-9-4(2-13)19-10(18)8(9)17/h3-18H,1-2H2/t3-,4-,5+,6-,7-,8+,9-,10-,11+/m1/s1. The van der Waals surface area contributed by atoms with Crippen LogP contribution in [0.5, 0.6) is 0 Å². The van der Waals surface area contributed by atoms with Gasteiger partial charge >= 0.3 is 0 Å². The van der Waals surface area contributed by atoms with Gasteiger partial charge in [0.25, 0.3) is 0 Å². The first kappa shape index (κ1) is 17.0. The van der Waals surface area contributed by atoms with E-state index in [1.54, 1.807) is 0 Å². The molecule has 0 radical (unpaired) electrons. The Morgan fingerprint density at radius 2 is 1.33 bits per heavy atom. The average Bonchev–Trinajstić information content (AvgIpc) is 2.75. The predicted octanol–water partition coefficient (Wildman–Crippen LogP) is -4.76. The molecule has 2 saturated heterocycles. The van der Waals surface area contributed by atoms with Gasteiger partial charge in [-0.2, -0.15) is 0 Å². The first-order valence-electron chi connectivity index (χ1n) is 6.49. The second-order valence-electron chi connectivity index (χ2n) is 5.04. The van der Waals surface area contributed by atoms with Gasteiger partial charge in [-0.1, -0.05) is 0 Å². The van der Waals surface area contributed by atoms with Gasteiger partial charge in [-0.25, -0.2) is 0 Å². The van der Waals surface area contributed by atoms with Crippen molar-refractivity contribution in [3.63, 3.8) is 0 Å². The molecule has 9 atom stereocenters. The molecule has 0 amide bonds. The van der Waals surface area contributed by atoms with Crippen molar-refractivity contribution in [2.24, 2.45) is 0 Å². The lowest BCUT2D eigenvalue weighted by molar-refractivity contribution is -0.318. The Labute approximate surface area is 119 Å². The summed E-state index contributed by atoms with van der Waals surface area (Å²) in [5, 5.41) is 66.3. The average molecular weight is 312 g/mol. The smallest absolute Gasteiger partial charge is 0.187 e. The molecule has 0 saturated carbocycles. The molecule has 2 fully saturated rings. The van der Waals surface area contributed by atoms with Gasteiger partial charge < -0.3 is 50.0 Å². The SMILES string of the molecule is OC[C@H]1O[C@@H](O[C@H]2[C@H](O)[C@H](O)O[C@@H]2CO)[C@H](O)[C@H](O)[C@H]1O. The third-order valence-corrected chi connectivity index (χ3v) is 3.63. The molecule has 0 aliphatic carbocycles. The van der Waals surface area contributed by atoms with Crippen LogP contribution in [0.25, 0.3) is 0 Å². The van der Waals surface area contributed by atoms with Crippen molar-refractivity contribution in [2.45, 2.75) is 55.3 Å². The van der Waals surface area contributed by atoms with E-state index >= 15 is 0 Å². The molecule has 21 heavy (non-hydrogen) atoms. The molecular formula is C11H20O10. The van der Waals surface area contributed by atoms with Gasteiger partial charge in [0.1, 0.15) is 42.7 Å². The fourth-order valence-electron chi connectivity index (χ4n) is 2.37. The summed E-state index contributed by atoms with van der Waals surface area (Å²) in [6.07, 6.45) is -12.8. The lowest BCUT2D eigenvalue weighted by Crippen LogP contribution is -2.60. The molecule has 0 aromatic carbocycles. The Morgan fingerprint density at radius 3 is 1.90 bits per heavy atom. The van der Waals surface area contributed by atoms with Gasteiger partial charge in [-0.3, -0.25) is 0 Å². The van der Waals surface area contributed by atoms with Gasteiger partial charge in [-0.05, 0) is 0 Å². The first-order chi connectivity index (χ1) is 9.90. The molecule has 2 heterocycles. The van der Waals surface area contributed by atoms with E-state index in [0.717, 1.165) is 0 Å². The molecule has 2 aliphatic rings. The van der Waals surface area contributed by atoms with Crippen LogP contribution in [0.2, 0.25) is 0 Å². The van der Waals surface area contributed by atoms with Gasteiger partial charge in [0.05, 0.1) is 13.2 Å². The van der Waals surface area contributed by atoms with Gasteiger partial charge in [0, 0.05) is 0 Å². The molecular weight excluding hydrogens is 292 g/mol. The summed E-state index contributed by atoms with van der Waals surface area (Å²) < 4.78 is 15.2. The van der Waals surface area contributed by atoms with Crippen molar-refractivity contribution in [3.05, 3.63) is 0 Å². The second kappa shape index (κ2) is 6.79. The van der Waals surface area contributed by atoms with Crippen LogP contribution in [0, 0.1) is 0 Å². The first-order valence-corrected chi connectivity index (χ1v) is 6.49. The van der Waals surface area contributed by atoms with E-state index in [1.165, 1.54) is 0 Å². The number of rotatable bonds is 4. The highest BCUT2D eigenvalue weighted by molar-refractivity contribution is 4.92. The Morgan fingerprint density at radius 1 is 0.714 bits per heavy atom. The monoisotopic (exact) mass is 312 g/mol. The van der Waals surface area contributed by atoms with E-state index in [1.807, 2.05) is 0 Å². The third kappa shape index (κ3) is 3.19. The van der Waals surface area contributed by atoms with E-state index in [0.29, 0.717) is 0 Å². The van der Waals surface area contributed by atoms with Gasteiger partial charge in [0.15, 0.2) is 12.6 Å². The summed E-state index contributed by atoms with van der Waals surface area (Å²) in [5.41, 5.74) is 0. The molecule has 0 aromatic rings. The highest BCUT2D eigenvalue weighted by atomic mass is 16.7. The maximum absolute atomic E-state index is 9.80. The highest BCUT2D eigenvalue weighted by Crippen LogP contribution is 2.28. The summed E-state index contributed by atoms with van der Waals surface area (Å²) in [6.45, 7) is -1.18. The molecule has 124 valence electrons. The van der Waals surface area contributed by atoms with Crippen LogP contribution in [0.15, 0.2) is 0 Å². The van der Waals surface area contributed by atoms with Crippen molar-refractivity contribution in [1.29, 1.82) is 0 Å². The van der Waals surface area contributed by atoms with Crippen LogP contribution in [-0.4, -0.2) is 104 Å². The summed E-state index contributed by atoms with van der Waals surface area (Å²) in [7, 11) is 0. The Balaban J connectivity index is 2.07. The Kier molecular flexibility index (Phi) is 5.48. The largest absolute Gasteiger partial charge is 0.394 e. The molecule has 0 aromatic heterocycles. The Hall–Kier alpha value is -0.400. The van der Waals surface area contributed by atoms with Crippen LogP contribution in [0.1, 0.15) is 0 Å². The van der Waals surface area contributed by atoms with E-state index in [4.69, 9.17) is 24.4 Å². The molecule has 10 nitrogen and oxygen atoms in total. The molecule has 0 bridgehead atoms. The topological polar surface area (TPSA) is 169 Å². The molecule has 2 rings (SSSR count). The van der Waals surface area contributed by atoms with Crippen LogP contribution in [-0.2, 0) is 14.2 Å². The summed E-state index contributed by atoms with van der Waals surface area (Å²) in [5.74, 6) is 0. The predicted molar refractivity (Wildman–Crippen MR) is 62.6 cm³/mol. The van der Waals surface area contributed by atoms with Crippen LogP contribution in [0.3, 0.4) is 0 Å². The second-order valence-corrected chi connectivity index (χ2v) is 5.04. The van der Waals surface area contributed by atoms with E-state index in [2.05, 4.69) is 0 Å². The summed E-state index contributed by atoms with van der Waals surface area (Å²) in [4.78, 5) is 0. The fraction of sp³-hybridized carbons (Fsp3) is 1.00. The zero-order valence-corrected chi connectivity index (χ0v) is 11.0. The molecule has 7 N–H and O–H groups in total. The lowest BCUT2D eigenvalue weighted by atomic mass is 9.99. The van der Waals surface area contributed by atoms with Crippen LogP contribution >= 0.6 is 0 Å². The van der Waals surface area contributed by atoms with Crippen molar-refractivity contribution >= 4 is 0 Å². The van der Waals surface area contributed by atoms with Crippen molar-refractivity contribution in [2.75, 3.05) is 13.2 Å². The van der Waals surface area contributed by atoms with E-state index in [-0.39, 0.29) is 0 Å². The van der Waals surface area contributed by atoms with E-state index < -0.39 is 68.5 Å². The number of hydrogen-bond acceptors (Lipinski definition) is 10. The quantitative estimate of drug-likeness (QED) is 0.267. The van der Waals surface area contributed by atoms with Crippen molar-refractivity contribution < 1.29 is 50.0 Å². The van der Waals surface area contributed by atoms with Crippen molar-refractivity contribution in [1.82, 2.24) is 0 Å². The van der Waals surface area contributed by atoms with Crippen LogP contribution in [0.4, 0.5) is 0 Å². The lowest BCUT2D eigenvalue weighted by Gasteiger charge is -2.41. The minimum atomic E-state index is -1.65. The summed E-state index contributed by atoms with van der Waals surface area (Å²) >= 11 is 0. The van der Waals surface area contributed by atoms with Crippen LogP contribution < -0.4 is 0 Å².